The van der Waals surface area contributed by atoms with Crippen LogP contribution in [0.15, 0.2) is 42.6 Å². The Morgan fingerprint density at radius 2 is 1.89 bits per heavy atom. The van der Waals surface area contributed by atoms with Crippen molar-refractivity contribution in [3.8, 4) is 0 Å². The Labute approximate surface area is 162 Å². The molecule has 8 heteroatoms. The van der Waals surface area contributed by atoms with Crippen LogP contribution in [0.5, 0.6) is 0 Å². The Kier molecular flexibility index (Phi) is 6.13. The van der Waals surface area contributed by atoms with Crippen molar-refractivity contribution in [1.82, 2.24) is 9.88 Å². The van der Waals surface area contributed by atoms with E-state index in [1.54, 1.807) is 48.4 Å². The molecule has 1 fully saturated rings. The highest BCUT2D eigenvalue weighted by Crippen LogP contribution is 2.21. The number of anilines is 2. The molecule has 0 bridgehead atoms. The van der Waals surface area contributed by atoms with E-state index in [0.29, 0.717) is 49.2 Å². The largest absolute Gasteiger partial charge is 0.450 e. The third-order valence-corrected chi connectivity index (χ3v) is 4.60. The molecular weight excluding hydrogens is 368 g/mol. The summed E-state index contributed by atoms with van der Waals surface area (Å²) in [6.07, 6.45) is 1.39. The van der Waals surface area contributed by atoms with Crippen LogP contribution in [0.1, 0.15) is 17.4 Å². The number of hydrogen-bond acceptors (Lipinski definition) is 5. The summed E-state index contributed by atoms with van der Waals surface area (Å²) >= 11 is 6.06. The number of halogens is 1. The maximum Gasteiger partial charge on any atom is 0.409 e. The molecule has 1 N–H and O–H groups in total. The van der Waals surface area contributed by atoms with E-state index in [1.165, 1.54) is 0 Å². The maximum atomic E-state index is 12.3. The average Bonchev–Trinajstić information content (AvgIpc) is 2.70. The molecular formula is C19H21ClN4O3. The second-order valence-corrected chi connectivity index (χ2v) is 6.42. The first-order valence-electron chi connectivity index (χ1n) is 8.77. The van der Waals surface area contributed by atoms with E-state index >= 15 is 0 Å². The van der Waals surface area contributed by atoms with Gasteiger partial charge in [0.25, 0.3) is 5.91 Å². The summed E-state index contributed by atoms with van der Waals surface area (Å²) in [4.78, 5) is 32.2. The second kappa shape index (κ2) is 8.73. The van der Waals surface area contributed by atoms with Gasteiger partial charge in [0.1, 0.15) is 5.69 Å². The van der Waals surface area contributed by atoms with Gasteiger partial charge in [0, 0.05) is 26.2 Å². The molecule has 2 heterocycles. The minimum atomic E-state index is -0.318. The van der Waals surface area contributed by atoms with Gasteiger partial charge in [0.15, 0.2) is 0 Å². The molecule has 7 nitrogen and oxygen atoms in total. The molecule has 2 aromatic rings. The van der Waals surface area contributed by atoms with Crippen LogP contribution in [0.3, 0.4) is 0 Å². The van der Waals surface area contributed by atoms with Crippen LogP contribution in [0, 0.1) is 0 Å². The summed E-state index contributed by atoms with van der Waals surface area (Å²) in [6.45, 7) is 4.72. The van der Waals surface area contributed by atoms with Crippen LogP contribution >= 0.6 is 11.6 Å². The molecule has 0 atom stereocenters. The highest BCUT2D eigenvalue weighted by atomic mass is 35.5. The number of carbonyl (C=O) groups excluding carboxylic acids is 2. The summed E-state index contributed by atoms with van der Waals surface area (Å²) < 4.78 is 5.02. The number of nitrogens with zero attached hydrogens (tertiary/aromatic N) is 3. The first-order chi connectivity index (χ1) is 13.1. The third-order valence-electron chi connectivity index (χ3n) is 4.27. The molecule has 0 aliphatic carbocycles. The summed E-state index contributed by atoms with van der Waals surface area (Å²) in [6, 6.07) is 10.6. The van der Waals surface area contributed by atoms with Crippen LogP contribution in [-0.2, 0) is 4.74 Å². The van der Waals surface area contributed by atoms with Gasteiger partial charge in [-0.05, 0) is 31.2 Å². The molecule has 1 aliphatic rings. The molecule has 2 amide bonds. The number of pyridine rings is 1. The highest BCUT2D eigenvalue weighted by molar-refractivity contribution is 6.33. The van der Waals surface area contributed by atoms with Crippen molar-refractivity contribution in [2.45, 2.75) is 6.92 Å². The SMILES string of the molecule is CCOC(=O)N1CCN(c2ccc(C(=O)Nc3ccccc3Cl)nc2)CC1. The number of ether oxygens (including phenoxy) is 1. The van der Waals surface area contributed by atoms with Gasteiger partial charge < -0.3 is 19.9 Å². The zero-order valence-corrected chi connectivity index (χ0v) is 15.8. The van der Waals surface area contributed by atoms with E-state index in [0.717, 1.165) is 5.69 Å². The van der Waals surface area contributed by atoms with Gasteiger partial charge in [-0.2, -0.15) is 0 Å². The number of piperazine rings is 1. The van der Waals surface area contributed by atoms with Gasteiger partial charge >= 0.3 is 6.09 Å². The number of aromatic nitrogens is 1. The molecule has 1 saturated heterocycles. The molecule has 1 aromatic carbocycles. The molecule has 1 aliphatic heterocycles. The molecule has 142 valence electrons. The van der Waals surface area contributed by atoms with Gasteiger partial charge in [0.2, 0.25) is 0 Å². The van der Waals surface area contributed by atoms with Crippen LogP contribution in [0.2, 0.25) is 5.02 Å². The molecule has 27 heavy (non-hydrogen) atoms. The average molecular weight is 389 g/mol. The number of benzene rings is 1. The van der Waals surface area contributed by atoms with Crippen molar-refractivity contribution in [1.29, 1.82) is 0 Å². The first-order valence-corrected chi connectivity index (χ1v) is 9.15. The molecule has 0 saturated carbocycles. The first kappa shape index (κ1) is 19.0. The van der Waals surface area contributed by atoms with E-state index in [4.69, 9.17) is 16.3 Å². The van der Waals surface area contributed by atoms with Crippen molar-refractivity contribution in [3.63, 3.8) is 0 Å². The standard InChI is InChI=1S/C19H21ClN4O3/c1-2-27-19(26)24-11-9-23(10-12-24)14-7-8-17(21-13-14)18(25)22-16-6-4-3-5-15(16)20/h3-8,13H,2,9-12H2,1H3,(H,22,25). The van der Waals surface area contributed by atoms with E-state index in [9.17, 15) is 9.59 Å². The third kappa shape index (κ3) is 4.68. The number of rotatable bonds is 4. The van der Waals surface area contributed by atoms with Crippen molar-refractivity contribution in [2.24, 2.45) is 0 Å². The predicted molar refractivity (Wildman–Crippen MR) is 104 cm³/mol. The van der Waals surface area contributed by atoms with Gasteiger partial charge in [-0.15, -0.1) is 0 Å². The molecule has 0 radical (unpaired) electrons. The van der Waals surface area contributed by atoms with E-state index in [-0.39, 0.29) is 12.0 Å². The lowest BCUT2D eigenvalue weighted by atomic mass is 10.2. The predicted octanol–water partition coefficient (Wildman–Crippen LogP) is 3.27. The van der Waals surface area contributed by atoms with Crippen molar-refractivity contribution in [3.05, 3.63) is 53.3 Å². The topological polar surface area (TPSA) is 74.8 Å². The monoisotopic (exact) mass is 388 g/mol. The zero-order valence-electron chi connectivity index (χ0n) is 15.0. The van der Waals surface area contributed by atoms with E-state index in [1.807, 2.05) is 6.07 Å². The van der Waals surface area contributed by atoms with Gasteiger partial charge in [-0.3, -0.25) is 4.79 Å². The number of amides is 2. The van der Waals surface area contributed by atoms with Crippen LogP contribution in [0.25, 0.3) is 0 Å². The molecule has 3 rings (SSSR count). The molecule has 0 spiro atoms. The Morgan fingerprint density at radius 1 is 1.15 bits per heavy atom. The Morgan fingerprint density at radius 3 is 2.52 bits per heavy atom. The highest BCUT2D eigenvalue weighted by Gasteiger charge is 2.22. The maximum absolute atomic E-state index is 12.3. The van der Waals surface area contributed by atoms with Crippen LogP contribution < -0.4 is 10.2 Å². The smallest absolute Gasteiger partial charge is 0.409 e. The fraction of sp³-hybridized carbons (Fsp3) is 0.316. The Balaban J connectivity index is 1.58. The van der Waals surface area contributed by atoms with Crippen LogP contribution in [0.4, 0.5) is 16.2 Å². The minimum Gasteiger partial charge on any atom is -0.450 e. The summed E-state index contributed by atoms with van der Waals surface area (Å²) in [7, 11) is 0. The normalized spacial score (nSPS) is 14.0. The number of carbonyl (C=O) groups is 2. The Bertz CT molecular complexity index is 805. The van der Waals surface area contributed by atoms with Gasteiger partial charge in [-0.1, -0.05) is 23.7 Å². The number of nitrogens with one attached hydrogen (secondary N) is 1. The summed E-state index contributed by atoms with van der Waals surface area (Å²) in [5.74, 6) is -0.318. The summed E-state index contributed by atoms with van der Waals surface area (Å²) in [5, 5.41) is 3.22. The molecule has 0 unspecified atom stereocenters. The lowest BCUT2D eigenvalue weighted by Gasteiger charge is -2.35. The van der Waals surface area contributed by atoms with Gasteiger partial charge in [-0.25, -0.2) is 9.78 Å². The summed E-state index contributed by atoms with van der Waals surface area (Å²) in [5.41, 5.74) is 1.77. The van der Waals surface area contributed by atoms with Crippen molar-refractivity contribution >= 4 is 35.0 Å². The van der Waals surface area contributed by atoms with Crippen molar-refractivity contribution in [2.75, 3.05) is 43.0 Å². The fourth-order valence-electron chi connectivity index (χ4n) is 2.82. The van der Waals surface area contributed by atoms with Gasteiger partial charge in [0.05, 0.1) is 29.2 Å². The second-order valence-electron chi connectivity index (χ2n) is 6.01. The quantitative estimate of drug-likeness (QED) is 0.870. The van der Waals surface area contributed by atoms with Crippen molar-refractivity contribution < 1.29 is 14.3 Å². The Hall–Kier alpha value is -2.80. The lowest BCUT2D eigenvalue weighted by molar-refractivity contribution is 0.101. The van der Waals surface area contributed by atoms with E-state index in [2.05, 4.69) is 15.2 Å². The zero-order chi connectivity index (χ0) is 19.2. The molecule has 1 aromatic heterocycles. The van der Waals surface area contributed by atoms with E-state index < -0.39 is 0 Å². The lowest BCUT2D eigenvalue weighted by Crippen LogP contribution is -2.49. The number of hydrogen-bond donors (Lipinski definition) is 1. The van der Waals surface area contributed by atoms with Crippen LogP contribution in [-0.4, -0.2) is 54.7 Å². The minimum absolute atomic E-state index is 0.276. The number of para-hydroxylation sites is 1. The fourth-order valence-corrected chi connectivity index (χ4v) is 3.00.